The van der Waals surface area contributed by atoms with Crippen LogP contribution in [0.15, 0.2) is 24.3 Å². The maximum atomic E-state index is 11.8. The highest BCUT2D eigenvalue weighted by atomic mass is 35.5. The molecule has 1 fully saturated rings. The van der Waals surface area contributed by atoms with Crippen LogP contribution in [-0.2, 0) is 0 Å². The molecule has 1 saturated heterocycles. The Hall–Kier alpha value is -1.06. The first-order valence-electron chi connectivity index (χ1n) is 6.52. The number of amides is 1. The summed E-state index contributed by atoms with van der Waals surface area (Å²) in [4.78, 5) is 14.2. The van der Waals surface area contributed by atoms with Crippen molar-refractivity contribution < 1.29 is 4.79 Å². The zero-order chi connectivity index (χ0) is 12.8. The van der Waals surface area contributed by atoms with Gasteiger partial charge in [-0.15, -0.1) is 0 Å². The lowest BCUT2D eigenvalue weighted by Crippen LogP contribution is -2.28. The van der Waals surface area contributed by atoms with Crippen molar-refractivity contribution in [2.75, 3.05) is 26.2 Å². The van der Waals surface area contributed by atoms with Crippen molar-refractivity contribution in [2.45, 2.75) is 19.3 Å². The molecule has 18 heavy (non-hydrogen) atoms. The minimum Gasteiger partial charge on any atom is -0.352 e. The molecule has 1 N–H and O–H groups in total. The second-order valence-electron chi connectivity index (χ2n) is 4.67. The number of hydrogen-bond acceptors (Lipinski definition) is 2. The third kappa shape index (κ3) is 4.00. The molecule has 0 saturated carbocycles. The molecule has 0 aliphatic carbocycles. The number of nitrogens with zero attached hydrogens (tertiary/aromatic N) is 1. The van der Waals surface area contributed by atoms with Gasteiger partial charge in [0.25, 0.3) is 5.91 Å². The maximum absolute atomic E-state index is 11.8. The summed E-state index contributed by atoms with van der Waals surface area (Å²) in [5, 5.41) is 3.59. The Kier molecular flexibility index (Phi) is 5.02. The first-order chi connectivity index (χ1) is 8.75. The van der Waals surface area contributed by atoms with Gasteiger partial charge in [0.1, 0.15) is 0 Å². The molecular weight excluding hydrogens is 248 g/mol. The zero-order valence-corrected chi connectivity index (χ0v) is 11.2. The average molecular weight is 267 g/mol. The van der Waals surface area contributed by atoms with Crippen LogP contribution in [0.4, 0.5) is 0 Å². The highest BCUT2D eigenvalue weighted by Gasteiger charge is 2.10. The molecule has 0 atom stereocenters. The number of benzene rings is 1. The Morgan fingerprint density at radius 2 is 1.89 bits per heavy atom. The molecule has 1 aliphatic rings. The summed E-state index contributed by atoms with van der Waals surface area (Å²) in [5.41, 5.74) is 0.667. The summed E-state index contributed by atoms with van der Waals surface area (Å²) in [5.74, 6) is -0.0203. The Labute approximate surface area is 113 Å². The zero-order valence-electron chi connectivity index (χ0n) is 10.5. The molecule has 4 heteroatoms. The van der Waals surface area contributed by atoms with Gasteiger partial charge in [-0.05, 0) is 63.2 Å². The van der Waals surface area contributed by atoms with E-state index in [-0.39, 0.29) is 5.91 Å². The second kappa shape index (κ2) is 6.76. The summed E-state index contributed by atoms with van der Waals surface area (Å²) in [7, 11) is 0. The molecular formula is C14H19ClN2O. The van der Waals surface area contributed by atoms with Crippen molar-refractivity contribution in [1.82, 2.24) is 10.2 Å². The first-order valence-corrected chi connectivity index (χ1v) is 6.89. The molecule has 0 unspecified atom stereocenters. The van der Waals surface area contributed by atoms with E-state index in [9.17, 15) is 4.79 Å². The highest BCUT2D eigenvalue weighted by Crippen LogP contribution is 2.09. The van der Waals surface area contributed by atoms with Gasteiger partial charge in [-0.1, -0.05) is 11.6 Å². The molecule has 2 rings (SSSR count). The molecule has 98 valence electrons. The lowest BCUT2D eigenvalue weighted by molar-refractivity contribution is 0.0952. The molecule has 1 heterocycles. The van der Waals surface area contributed by atoms with E-state index in [4.69, 9.17) is 11.6 Å². The lowest BCUT2D eigenvalue weighted by atomic mass is 10.2. The fourth-order valence-corrected chi connectivity index (χ4v) is 2.34. The minimum absolute atomic E-state index is 0.0203. The Bertz CT molecular complexity index is 385. The molecule has 1 aromatic rings. The molecule has 1 amide bonds. The van der Waals surface area contributed by atoms with Crippen molar-refractivity contribution in [3.63, 3.8) is 0 Å². The van der Waals surface area contributed by atoms with Crippen molar-refractivity contribution in [3.05, 3.63) is 34.9 Å². The van der Waals surface area contributed by atoms with Crippen LogP contribution >= 0.6 is 11.6 Å². The standard InChI is InChI=1S/C14H19ClN2O/c15-13-6-4-12(5-7-13)14(18)16-8-3-11-17-9-1-2-10-17/h4-7H,1-3,8-11H2,(H,16,18). The van der Waals surface area contributed by atoms with Crippen LogP contribution in [0.2, 0.25) is 5.02 Å². The van der Waals surface area contributed by atoms with Gasteiger partial charge < -0.3 is 10.2 Å². The summed E-state index contributed by atoms with van der Waals surface area (Å²) >= 11 is 5.78. The predicted molar refractivity (Wildman–Crippen MR) is 74.1 cm³/mol. The topological polar surface area (TPSA) is 32.3 Å². The van der Waals surface area contributed by atoms with Gasteiger partial charge in [-0.25, -0.2) is 0 Å². The van der Waals surface area contributed by atoms with E-state index in [1.54, 1.807) is 24.3 Å². The van der Waals surface area contributed by atoms with Gasteiger partial charge in [-0.3, -0.25) is 4.79 Å². The van der Waals surface area contributed by atoms with Gasteiger partial charge in [0, 0.05) is 17.1 Å². The summed E-state index contributed by atoms with van der Waals surface area (Å²) in [6.07, 6.45) is 3.65. The van der Waals surface area contributed by atoms with Crippen molar-refractivity contribution in [1.29, 1.82) is 0 Å². The largest absolute Gasteiger partial charge is 0.352 e. The summed E-state index contributed by atoms with van der Waals surface area (Å²) in [6, 6.07) is 6.97. The third-order valence-electron chi connectivity index (χ3n) is 3.24. The van der Waals surface area contributed by atoms with E-state index in [1.165, 1.54) is 25.9 Å². The highest BCUT2D eigenvalue weighted by molar-refractivity contribution is 6.30. The summed E-state index contributed by atoms with van der Waals surface area (Å²) < 4.78 is 0. The van der Waals surface area contributed by atoms with Crippen LogP contribution < -0.4 is 5.32 Å². The van der Waals surface area contributed by atoms with E-state index in [0.717, 1.165) is 19.5 Å². The van der Waals surface area contributed by atoms with Crippen LogP contribution in [0.1, 0.15) is 29.6 Å². The van der Waals surface area contributed by atoms with Crippen LogP contribution in [0.25, 0.3) is 0 Å². The predicted octanol–water partition coefficient (Wildman–Crippen LogP) is 2.56. The summed E-state index contributed by atoms with van der Waals surface area (Å²) in [6.45, 7) is 4.25. The van der Waals surface area contributed by atoms with E-state index in [2.05, 4.69) is 10.2 Å². The normalized spacial score (nSPS) is 15.8. The minimum atomic E-state index is -0.0203. The molecule has 0 bridgehead atoms. The molecule has 1 aromatic carbocycles. The van der Waals surface area contributed by atoms with Gasteiger partial charge >= 0.3 is 0 Å². The van der Waals surface area contributed by atoms with Gasteiger partial charge in [0.15, 0.2) is 0 Å². The number of rotatable bonds is 5. The smallest absolute Gasteiger partial charge is 0.251 e. The van der Waals surface area contributed by atoms with Gasteiger partial charge in [0.2, 0.25) is 0 Å². The SMILES string of the molecule is O=C(NCCCN1CCCC1)c1ccc(Cl)cc1. The van der Waals surface area contributed by atoms with Crippen molar-refractivity contribution in [3.8, 4) is 0 Å². The lowest BCUT2D eigenvalue weighted by Gasteiger charge is -2.14. The average Bonchev–Trinajstić information content (AvgIpc) is 2.88. The number of halogens is 1. The molecule has 0 aromatic heterocycles. The van der Waals surface area contributed by atoms with E-state index in [1.807, 2.05) is 0 Å². The van der Waals surface area contributed by atoms with Crippen LogP contribution in [-0.4, -0.2) is 37.0 Å². The quantitative estimate of drug-likeness (QED) is 0.831. The Morgan fingerprint density at radius 1 is 1.22 bits per heavy atom. The first kappa shape index (κ1) is 13.4. The second-order valence-corrected chi connectivity index (χ2v) is 5.10. The van der Waals surface area contributed by atoms with Crippen LogP contribution in [0.5, 0.6) is 0 Å². The maximum Gasteiger partial charge on any atom is 0.251 e. The molecule has 0 radical (unpaired) electrons. The van der Waals surface area contributed by atoms with E-state index < -0.39 is 0 Å². The molecule has 0 spiro atoms. The number of carbonyl (C=O) groups is 1. The monoisotopic (exact) mass is 266 g/mol. The number of likely N-dealkylation sites (tertiary alicyclic amines) is 1. The van der Waals surface area contributed by atoms with Crippen LogP contribution in [0, 0.1) is 0 Å². The van der Waals surface area contributed by atoms with Gasteiger partial charge in [0.05, 0.1) is 0 Å². The molecule has 1 aliphatic heterocycles. The Balaban J connectivity index is 1.66. The van der Waals surface area contributed by atoms with Crippen LogP contribution in [0.3, 0.4) is 0 Å². The van der Waals surface area contributed by atoms with Gasteiger partial charge in [-0.2, -0.15) is 0 Å². The number of carbonyl (C=O) groups excluding carboxylic acids is 1. The Morgan fingerprint density at radius 3 is 2.56 bits per heavy atom. The van der Waals surface area contributed by atoms with Crippen molar-refractivity contribution >= 4 is 17.5 Å². The number of hydrogen-bond donors (Lipinski definition) is 1. The third-order valence-corrected chi connectivity index (χ3v) is 3.49. The van der Waals surface area contributed by atoms with Crippen molar-refractivity contribution in [2.24, 2.45) is 0 Å². The number of nitrogens with one attached hydrogen (secondary N) is 1. The fourth-order valence-electron chi connectivity index (χ4n) is 2.21. The van der Waals surface area contributed by atoms with E-state index in [0.29, 0.717) is 10.6 Å². The molecule has 3 nitrogen and oxygen atoms in total. The van der Waals surface area contributed by atoms with E-state index >= 15 is 0 Å². The fraction of sp³-hybridized carbons (Fsp3) is 0.500.